The summed E-state index contributed by atoms with van der Waals surface area (Å²) < 4.78 is 0. The fourth-order valence-corrected chi connectivity index (χ4v) is 3.72. The van der Waals surface area contributed by atoms with Crippen molar-refractivity contribution < 1.29 is 9.59 Å². The Balaban J connectivity index is 1.29. The largest absolute Gasteiger partial charge is 0.360 e. The number of pyridine rings is 1. The summed E-state index contributed by atoms with van der Waals surface area (Å²) in [6.07, 6.45) is 3.31. The summed E-state index contributed by atoms with van der Waals surface area (Å²) in [5.74, 6) is 0.159. The highest BCUT2D eigenvalue weighted by molar-refractivity contribution is 5.94. The summed E-state index contributed by atoms with van der Waals surface area (Å²) in [5, 5.41) is 2.85. The standard InChI is InChI=1S/C21H25N5O2/c27-20-16-26(10-9-23-20)19-3-1-17(2-4-19)15-24-11-13-25(14-12-24)21(28)18-5-7-22-8-6-18/h1-8H,9-16H2,(H,23,27). The second-order valence-electron chi connectivity index (χ2n) is 7.24. The van der Waals surface area contributed by atoms with Gasteiger partial charge in [-0.05, 0) is 29.8 Å². The number of hydrogen-bond acceptors (Lipinski definition) is 5. The molecule has 7 nitrogen and oxygen atoms in total. The van der Waals surface area contributed by atoms with E-state index in [1.165, 1.54) is 5.56 Å². The number of piperazine rings is 2. The number of carbonyl (C=O) groups is 2. The van der Waals surface area contributed by atoms with E-state index in [1.54, 1.807) is 24.5 Å². The molecule has 2 saturated heterocycles. The summed E-state index contributed by atoms with van der Waals surface area (Å²) in [6, 6.07) is 12.0. The van der Waals surface area contributed by atoms with Gasteiger partial charge in [0, 0.05) is 69.5 Å². The molecule has 3 heterocycles. The van der Waals surface area contributed by atoms with Crippen molar-refractivity contribution >= 4 is 17.5 Å². The normalized spacial score (nSPS) is 18.1. The molecule has 0 radical (unpaired) electrons. The van der Waals surface area contributed by atoms with Gasteiger partial charge < -0.3 is 15.1 Å². The van der Waals surface area contributed by atoms with Crippen molar-refractivity contribution in [3.63, 3.8) is 0 Å². The number of carbonyl (C=O) groups excluding carboxylic acids is 2. The Labute approximate surface area is 164 Å². The zero-order chi connectivity index (χ0) is 19.3. The summed E-state index contributed by atoms with van der Waals surface area (Å²) in [6.45, 7) is 6.05. The van der Waals surface area contributed by atoms with Gasteiger partial charge in [-0.2, -0.15) is 0 Å². The van der Waals surface area contributed by atoms with E-state index in [1.807, 2.05) is 4.90 Å². The monoisotopic (exact) mass is 379 g/mol. The molecular weight excluding hydrogens is 354 g/mol. The average molecular weight is 379 g/mol. The van der Waals surface area contributed by atoms with Crippen molar-refractivity contribution in [2.24, 2.45) is 0 Å². The highest BCUT2D eigenvalue weighted by Gasteiger charge is 2.22. The molecule has 1 aromatic heterocycles. The highest BCUT2D eigenvalue weighted by Crippen LogP contribution is 2.18. The molecule has 2 aliphatic rings. The Hall–Kier alpha value is -2.93. The Kier molecular flexibility index (Phi) is 5.53. The smallest absolute Gasteiger partial charge is 0.254 e. The number of hydrogen-bond donors (Lipinski definition) is 1. The molecule has 0 atom stereocenters. The predicted molar refractivity (Wildman–Crippen MR) is 107 cm³/mol. The van der Waals surface area contributed by atoms with Gasteiger partial charge in [-0.25, -0.2) is 0 Å². The number of nitrogens with one attached hydrogen (secondary N) is 1. The molecule has 2 aromatic rings. The average Bonchev–Trinajstić information content (AvgIpc) is 2.75. The zero-order valence-electron chi connectivity index (χ0n) is 15.9. The molecule has 0 aliphatic carbocycles. The van der Waals surface area contributed by atoms with E-state index in [9.17, 15) is 9.59 Å². The van der Waals surface area contributed by atoms with Gasteiger partial charge in [-0.3, -0.25) is 19.5 Å². The van der Waals surface area contributed by atoms with Gasteiger partial charge in [0.05, 0.1) is 6.54 Å². The summed E-state index contributed by atoms with van der Waals surface area (Å²) in [5.41, 5.74) is 3.04. The van der Waals surface area contributed by atoms with E-state index in [0.717, 1.165) is 45.0 Å². The molecule has 0 spiro atoms. The summed E-state index contributed by atoms with van der Waals surface area (Å²) in [7, 11) is 0. The summed E-state index contributed by atoms with van der Waals surface area (Å²) in [4.78, 5) is 34.4. The van der Waals surface area contributed by atoms with Crippen LogP contribution in [0.5, 0.6) is 0 Å². The Morgan fingerprint density at radius 3 is 2.36 bits per heavy atom. The van der Waals surface area contributed by atoms with Gasteiger partial charge in [0.1, 0.15) is 0 Å². The van der Waals surface area contributed by atoms with Crippen LogP contribution in [-0.2, 0) is 11.3 Å². The summed E-state index contributed by atoms with van der Waals surface area (Å²) >= 11 is 0. The molecule has 4 rings (SSSR count). The first-order valence-electron chi connectivity index (χ1n) is 9.71. The molecule has 2 aliphatic heterocycles. The van der Waals surface area contributed by atoms with E-state index >= 15 is 0 Å². The van der Waals surface area contributed by atoms with Crippen LogP contribution in [0.25, 0.3) is 0 Å². The van der Waals surface area contributed by atoms with Gasteiger partial charge in [0.25, 0.3) is 5.91 Å². The number of anilines is 1. The molecule has 2 amide bonds. The van der Waals surface area contributed by atoms with Crippen molar-refractivity contribution in [1.29, 1.82) is 0 Å². The first kappa shape index (κ1) is 18.4. The third kappa shape index (κ3) is 4.31. The number of amides is 2. The van der Waals surface area contributed by atoms with Crippen LogP contribution in [-0.4, -0.2) is 72.4 Å². The van der Waals surface area contributed by atoms with Crippen LogP contribution in [0.4, 0.5) is 5.69 Å². The molecule has 1 aromatic carbocycles. The lowest BCUT2D eigenvalue weighted by Crippen LogP contribution is -2.48. The van der Waals surface area contributed by atoms with Gasteiger partial charge in [0.15, 0.2) is 0 Å². The van der Waals surface area contributed by atoms with Crippen molar-refractivity contribution in [3.8, 4) is 0 Å². The van der Waals surface area contributed by atoms with Crippen LogP contribution >= 0.6 is 0 Å². The van der Waals surface area contributed by atoms with Gasteiger partial charge >= 0.3 is 0 Å². The Bertz CT molecular complexity index is 816. The van der Waals surface area contributed by atoms with Crippen molar-refractivity contribution in [1.82, 2.24) is 20.1 Å². The maximum absolute atomic E-state index is 12.5. The predicted octanol–water partition coefficient (Wildman–Crippen LogP) is 0.976. The van der Waals surface area contributed by atoms with E-state index in [2.05, 4.69) is 44.4 Å². The SMILES string of the molecule is O=C1CN(c2ccc(CN3CCN(C(=O)c4ccncc4)CC3)cc2)CCN1. The lowest BCUT2D eigenvalue weighted by molar-refractivity contribution is -0.120. The number of nitrogens with zero attached hydrogens (tertiary/aromatic N) is 4. The quantitative estimate of drug-likeness (QED) is 0.858. The Morgan fingerprint density at radius 1 is 0.964 bits per heavy atom. The number of rotatable bonds is 4. The minimum Gasteiger partial charge on any atom is -0.360 e. The highest BCUT2D eigenvalue weighted by atomic mass is 16.2. The number of aromatic nitrogens is 1. The van der Waals surface area contributed by atoms with E-state index < -0.39 is 0 Å². The first-order chi connectivity index (χ1) is 13.7. The molecule has 1 N–H and O–H groups in total. The fourth-order valence-electron chi connectivity index (χ4n) is 3.72. The fraction of sp³-hybridized carbons (Fsp3) is 0.381. The molecule has 0 saturated carbocycles. The maximum atomic E-state index is 12.5. The zero-order valence-corrected chi connectivity index (χ0v) is 15.9. The lowest BCUT2D eigenvalue weighted by atomic mass is 10.1. The molecule has 2 fully saturated rings. The van der Waals surface area contributed by atoms with Crippen LogP contribution in [0.3, 0.4) is 0 Å². The van der Waals surface area contributed by atoms with Crippen LogP contribution < -0.4 is 10.2 Å². The third-order valence-corrected chi connectivity index (χ3v) is 5.33. The number of benzene rings is 1. The minimum atomic E-state index is 0.0783. The Morgan fingerprint density at radius 2 is 1.68 bits per heavy atom. The third-order valence-electron chi connectivity index (χ3n) is 5.33. The second-order valence-corrected chi connectivity index (χ2v) is 7.24. The van der Waals surface area contributed by atoms with Crippen molar-refractivity contribution in [2.75, 3.05) is 50.7 Å². The minimum absolute atomic E-state index is 0.0783. The molecule has 7 heteroatoms. The maximum Gasteiger partial charge on any atom is 0.254 e. The first-order valence-corrected chi connectivity index (χ1v) is 9.71. The second kappa shape index (κ2) is 8.39. The molecule has 0 unspecified atom stereocenters. The molecular formula is C21H25N5O2. The van der Waals surface area contributed by atoms with Crippen LogP contribution in [0.2, 0.25) is 0 Å². The van der Waals surface area contributed by atoms with Crippen molar-refractivity contribution in [2.45, 2.75) is 6.54 Å². The van der Waals surface area contributed by atoms with Crippen LogP contribution in [0, 0.1) is 0 Å². The van der Waals surface area contributed by atoms with Crippen LogP contribution in [0.15, 0.2) is 48.8 Å². The van der Waals surface area contributed by atoms with E-state index in [0.29, 0.717) is 18.7 Å². The molecule has 28 heavy (non-hydrogen) atoms. The van der Waals surface area contributed by atoms with Gasteiger partial charge in [0.2, 0.25) is 5.91 Å². The lowest BCUT2D eigenvalue weighted by Gasteiger charge is -2.35. The van der Waals surface area contributed by atoms with E-state index in [-0.39, 0.29) is 11.8 Å². The van der Waals surface area contributed by atoms with Gasteiger partial charge in [-0.1, -0.05) is 12.1 Å². The topological polar surface area (TPSA) is 68.8 Å². The van der Waals surface area contributed by atoms with E-state index in [4.69, 9.17) is 0 Å². The molecule has 0 bridgehead atoms. The molecule has 146 valence electrons. The van der Waals surface area contributed by atoms with Crippen molar-refractivity contribution in [3.05, 3.63) is 59.9 Å². The van der Waals surface area contributed by atoms with Gasteiger partial charge in [-0.15, -0.1) is 0 Å². The van der Waals surface area contributed by atoms with Crippen LogP contribution in [0.1, 0.15) is 15.9 Å².